The van der Waals surface area contributed by atoms with Gasteiger partial charge in [-0.1, -0.05) is 6.42 Å². The highest BCUT2D eigenvalue weighted by Crippen LogP contribution is 2.45. The van der Waals surface area contributed by atoms with Crippen LogP contribution < -0.4 is 16.0 Å². The minimum Gasteiger partial charge on any atom is -0.366 e. The van der Waals surface area contributed by atoms with E-state index in [2.05, 4.69) is 20.9 Å². The van der Waals surface area contributed by atoms with Gasteiger partial charge in [-0.2, -0.15) is 13.2 Å². The summed E-state index contributed by atoms with van der Waals surface area (Å²) in [5.74, 6) is 0.560. The molecule has 3 heterocycles. The number of piperidine rings is 1. The molecule has 3 N–H and O–H groups in total. The number of nitrogens with zero attached hydrogens (tertiary/aromatic N) is 1. The monoisotopic (exact) mass is 462 g/mol. The third kappa shape index (κ3) is 4.34. The van der Waals surface area contributed by atoms with Crippen LogP contribution in [0.4, 0.5) is 18.9 Å². The first kappa shape index (κ1) is 22.6. The van der Waals surface area contributed by atoms with Crippen molar-refractivity contribution in [2.24, 2.45) is 11.8 Å². The van der Waals surface area contributed by atoms with Crippen molar-refractivity contribution < 1.29 is 22.7 Å². The van der Waals surface area contributed by atoms with E-state index in [1.165, 1.54) is 0 Å². The first-order valence-electron chi connectivity index (χ1n) is 11.7. The number of carbonyl (C=O) groups excluding carboxylic acids is 1. The molecule has 2 aliphatic heterocycles. The topological polar surface area (TPSA) is 75.3 Å². The maximum atomic E-state index is 14.0. The van der Waals surface area contributed by atoms with Crippen LogP contribution in [0.1, 0.15) is 42.0 Å². The smallest absolute Gasteiger partial charge is 0.366 e. The Balaban J connectivity index is 1.58. The highest BCUT2D eigenvalue weighted by molar-refractivity contribution is 6.05. The first-order valence-corrected chi connectivity index (χ1v) is 11.7. The zero-order chi connectivity index (χ0) is 23.2. The molecule has 2 bridgehead atoms. The predicted octanol–water partition coefficient (Wildman–Crippen LogP) is 3.59. The summed E-state index contributed by atoms with van der Waals surface area (Å²) >= 11 is 0. The number of nitrogens with one attached hydrogen (secondary N) is 3. The molecule has 178 valence electrons. The Morgan fingerprint density at radius 3 is 2.58 bits per heavy atom. The lowest BCUT2D eigenvalue weighted by atomic mass is 9.68. The molecule has 3 atom stereocenters. The van der Waals surface area contributed by atoms with E-state index in [1.54, 1.807) is 13.0 Å². The molecule has 3 aliphatic rings. The summed E-state index contributed by atoms with van der Waals surface area (Å²) in [5, 5.41) is 9.68. The molecule has 33 heavy (non-hydrogen) atoms. The Hall–Kier alpha value is -2.23. The van der Waals surface area contributed by atoms with E-state index in [0.29, 0.717) is 48.2 Å². The Bertz CT molecular complexity index is 1030. The van der Waals surface area contributed by atoms with Crippen LogP contribution >= 0.6 is 0 Å². The number of aryl methyl sites for hydroxylation is 1. The largest absolute Gasteiger partial charge is 0.418 e. The number of ether oxygens (including phenoxy) is 1. The summed E-state index contributed by atoms with van der Waals surface area (Å²) in [5.41, 5.74) is 0.580. The van der Waals surface area contributed by atoms with Crippen molar-refractivity contribution >= 4 is 22.5 Å². The lowest BCUT2D eigenvalue weighted by Gasteiger charge is -2.42. The summed E-state index contributed by atoms with van der Waals surface area (Å²) in [6, 6.07) is 4.66. The minimum atomic E-state index is -4.54. The van der Waals surface area contributed by atoms with E-state index >= 15 is 0 Å². The number of hydrogen-bond acceptors (Lipinski definition) is 5. The number of hydrogen-bond donors (Lipinski definition) is 3. The fraction of sp³-hybridized carbons (Fsp3) is 0.583. The maximum Gasteiger partial charge on any atom is 0.418 e. The number of morpholine rings is 1. The lowest BCUT2D eigenvalue weighted by Crippen LogP contribution is -2.45. The summed E-state index contributed by atoms with van der Waals surface area (Å²) in [6.07, 6.45) is -1.95. The fourth-order valence-electron chi connectivity index (χ4n) is 5.74. The van der Waals surface area contributed by atoms with Crippen LogP contribution in [0.3, 0.4) is 0 Å². The highest BCUT2D eigenvalue weighted by Gasteiger charge is 2.39. The quantitative estimate of drug-likeness (QED) is 0.650. The van der Waals surface area contributed by atoms with Crippen LogP contribution in [-0.2, 0) is 15.7 Å². The van der Waals surface area contributed by atoms with Gasteiger partial charge in [0, 0.05) is 30.1 Å². The van der Waals surface area contributed by atoms with Gasteiger partial charge in [0.25, 0.3) is 5.91 Å². The Labute approximate surface area is 190 Å². The molecule has 9 heteroatoms. The minimum absolute atomic E-state index is 0.0970. The van der Waals surface area contributed by atoms with Gasteiger partial charge in [-0.05, 0) is 68.5 Å². The highest BCUT2D eigenvalue weighted by atomic mass is 19.4. The number of alkyl halides is 3. The molecule has 3 fully saturated rings. The van der Waals surface area contributed by atoms with Gasteiger partial charge in [-0.3, -0.25) is 9.78 Å². The Kier molecular flexibility index (Phi) is 6.05. The molecule has 2 aromatic rings. The Morgan fingerprint density at radius 1 is 1.15 bits per heavy atom. The van der Waals surface area contributed by atoms with Crippen LogP contribution in [-0.4, -0.2) is 49.8 Å². The number of amides is 1. The van der Waals surface area contributed by atoms with E-state index in [4.69, 9.17) is 4.74 Å². The molecule has 1 aliphatic carbocycles. The number of rotatable bonds is 3. The number of anilines is 1. The molecule has 2 saturated heterocycles. The van der Waals surface area contributed by atoms with Gasteiger partial charge in [0.15, 0.2) is 0 Å². The third-order valence-electron chi connectivity index (χ3n) is 7.29. The van der Waals surface area contributed by atoms with Crippen molar-refractivity contribution in [3.8, 4) is 0 Å². The molecule has 1 saturated carbocycles. The molecule has 1 aromatic carbocycles. The van der Waals surface area contributed by atoms with Gasteiger partial charge < -0.3 is 20.7 Å². The van der Waals surface area contributed by atoms with E-state index in [1.807, 2.05) is 6.07 Å². The van der Waals surface area contributed by atoms with Gasteiger partial charge in [0.2, 0.25) is 0 Å². The molecule has 1 amide bonds. The van der Waals surface area contributed by atoms with Crippen LogP contribution in [0.2, 0.25) is 0 Å². The molecule has 1 aromatic heterocycles. The van der Waals surface area contributed by atoms with Crippen LogP contribution in [0, 0.1) is 18.8 Å². The maximum absolute atomic E-state index is 14.0. The first-order chi connectivity index (χ1) is 15.8. The van der Waals surface area contributed by atoms with E-state index in [-0.39, 0.29) is 17.3 Å². The zero-order valence-corrected chi connectivity index (χ0v) is 18.6. The number of fused-ring (bicyclic) bond motifs is 3. The van der Waals surface area contributed by atoms with Crippen LogP contribution in [0.25, 0.3) is 10.9 Å². The standard InChI is InChI=1S/C24H29F3N4O2/c1-13-9-17(24(25,26)27)22-16(21(13)31-23(32)19-12-28-7-8-33-19)5-6-18(30-22)20-14-3-2-4-15(20)11-29-10-14/h5-6,9,14-15,19-20,28-29H,2-4,7-8,10-12H2,1H3,(H,31,32)/t14-,15-,19?/m0/s1. The second kappa shape index (κ2) is 8.85. The number of carbonyl (C=O) groups is 1. The summed E-state index contributed by atoms with van der Waals surface area (Å²) in [7, 11) is 0. The molecule has 5 rings (SSSR count). The Morgan fingerprint density at radius 2 is 1.91 bits per heavy atom. The van der Waals surface area contributed by atoms with Crippen molar-refractivity contribution in [3.63, 3.8) is 0 Å². The third-order valence-corrected chi connectivity index (χ3v) is 7.29. The van der Waals surface area contributed by atoms with Crippen LogP contribution in [0.15, 0.2) is 18.2 Å². The van der Waals surface area contributed by atoms with Crippen molar-refractivity contribution in [3.05, 3.63) is 35.0 Å². The normalized spacial score (nSPS) is 28.0. The lowest BCUT2D eigenvalue weighted by molar-refractivity contribution is -0.136. The average Bonchev–Trinajstić information content (AvgIpc) is 2.79. The predicted molar refractivity (Wildman–Crippen MR) is 119 cm³/mol. The molecule has 0 spiro atoms. The second-order valence-corrected chi connectivity index (χ2v) is 9.43. The van der Waals surface area contributed by atoms with Gasteiger partial charge in [0.05, 0.1) is 23.4 Å². The molecule has 0 radical (unpaired) electrons. The van der Waals surface area contributed by atoms with E-state index < -0.39 is 17.8 Å². The van der Waals surface area contributed by atoms with Crippen molar-refractivity contribution in [1.29, 1.82) is 0 Å². The van der Waals surface area contributed by atoms with Crippen molar-refractivity contribution in [2.45, 2.75) is 44.4 Å². The number of pyridine rings is 1. The second-order valence-electron chi connectivity index (χ2n) is 9.43. The zero-order valence-electron chi connectivity index (χ0n) is 18.6. The summed E-state index contributed by atoms with van der Waals surface area (Å²) in [6.45, 7) is 4.76. The van der Waals surface area contributed by atoms with Crippen molar-refractivity contribution in [2.75, 3.05) is 38.1 Å². The average molecular weight is 463 g/mol. The number of aromatic nitrogens is 1. The van der Waals surface area contributed by atoms with Crippen molar-refractivity contribution in [1.82, 2.24) is 15.6 Å². The number of halogens is 3. The van der Waals surface area contributed by atoms with Gasteiger partial charge in [-0.15, -0.1) is 0 Å². The molecule has 6 nitrogen and oxygen atoms in total. The van der Waals surface area contributed by atoms with Crippen LogP contribution in [0.5, 0.6) is 0 Å². The van der Waals surface area contributed by atoms with E-state index in [0.717, 1.165) is 44.1 Å². The van der Waals surface area contributed by atoms with Gasteiger partial charge >= 0.3 is 6.18 Å². The van der Waals surface area contributed by atoms with Gasteiger partial charge in [-0.25, -0.2) is 0 Å². The number of benzene rings is 1. The van der Waals surface area contributed by atoms with Gasteiger partial charge in [0.1, 0.15) is 6.10 Å². The fourth-order valence-corrected chi connectivity index (χ4v) is 5.74. The summed E-state index contributed by atoms with van der Waals surface area (Å²) < 4.78 is 47.6. The SMILES string of the molecule is Cc1cc(C(F)(F)F)c2nc(C3[C@H]4CCC[C@H]3CNC4)ccc2c1NC(=O)C1CNCCO1. The molecule has 1 unspecified atom stereocenters. The molecular formula is C24H29F3N4O2. The molecular weight excluding hydrogens is 433 g/mol. The summed E-state index contributed by atoms with van der Waals surface area (Å²) in [4.78, 5) is 17.4. The van der Waals surface area contributed by atoms with E-state index in [9.17, 15) is 18.0 Å².